The van der Waals surface area contributed by atoms with Crippen LogP contribution in [0.25, 0.3) is 0 Å². The monoisotopic (exact) mass is 556 g/mol. The van der Waals surface area contributed by atoms with Crippen molar-refractivity contribution in [3.63, 3.8) is 0 Å². The first-order valence-corrected chi connectivity index (χ1v) is 13.2. The Balaban J connectivity index is 1.56. The highest BCUT2D eigenvalue weighted by Crippen LogP contribution is 2.29. The number of anilines is 1. The quantitative estimate of drug-likeness (QED) is 0.301. The van der Waals surface area contributed by atoms with Gasteiger partial charge in [0.05, 0.1) is 11.6 Å². The summed E-state index contributed by atoms with van der Waals surface area (Å²) in [5.74, 6) is -0.730. The predicted molar refractivity (Wildman–Crippen MR) is 144 cm³/mol. The van der Waals surface area contributed by atoms with Crippen molar-refractivity contribution in [3.8, 4) is 0 Å². The number of nitrogens with zero attached hydrogens (tertiary/aromatic N) is 1. The maximum Gasteiger partial charge on any atom is 0.253 e. The van der Waals surface area contributed by atoms with E-state index >= 15 is 0 Å². The van der Waals surface area contributed by atoms with Crippen LogP contribution >= 0.6 is 15.9 Å². The Morgan fingerprint density at radius 1 is 1.22 bits per heavy atom. The molecule has 0 spiro atoms. The molecule has 10 heteroatoms. The molecule has 36 heavy (non-hydrogen) atoms. The molecular formula is C26H33BrN6O3. The Bertz CT molecular complexity index is 1220. The molecule has 0 radical (unpaired) electrons. The van der Waals surface area contributed by atoms with Crippen LogP contribution in [0.2, 0.25) is 0 Å². The first-order valence-electron chi connectivity index (χ1n) is 12.4. The van der Waals surface area contributed by atoms with Crippen molar-refractivity contribution in [2.45, 2.75) is 70.6 Å². The van der Waals surface area contributed by atoms with Gasteiger partial charge in [-0.25, -0.2) is 0 Å². The van der Waals surface area contributed by atoms with Gasteiger partial charge in [-0.15, -0.1) is 0 Å². The van der Waals surface area contributed by atoms with Gasteiger partial charge in [0.25, 0.3) is 11.5 Å². The number of hydrogen-bond acceptors (Lipinski definition) is 6. The van der Waals surface area contributed by atoms with Crippen molar-refractivity contribution in [2.24, 2.45) is 5.73 Å². The summed E-state index contributed by atoms with van der Waals surface area (Å²) < 4.78 is 0.735. The highest BCUT2D eigenvalue weighted by molar-refractivity contribution is 9.10. The Hall–Kier alpha value is -2.98. The fraction of sp³-hybridized carbons (Fsp3) is 0.462. The molecule has 1 atom stereocenters. The van der Waals surface area contributed by atoms with E-state index in [2.05, 4.69) is 31.5 Å². The van der Waals surface area contributed by atoms with Gasteiger partial charge in [-0.2, -0.15) is 0 Å². The van der Waals surface area contributed by atoms with E-state index in [1.807, 2.05) is 17.0 Å². The number of carbonyl (C=O) groups excluding carboxylic acids is 2. The zero-order valence-electron chi connectivity index (χ0n) is 20.5. The van der Waals surface area contributed by atoms with Crippen LogP contribution in [-0.2, 0) is 17.9 Å². The Labute approximate surface area is 218 Å². The number of aromatic amines is 1. The van der Waals surface area contributed by atoms with Crippen LogP contribution < -0.4 is 21.9 Å². The van der Waals surface area contributed by atoms with Crippen molar-refractivity contribution < 1.29 is 9.59 Å². The second kappa shape index (κ2) is 11.4. The van der Waals surface area contributed by atoms with Crippen molar-refractivity contribution in [2.75, 3.05) is 11.9 Å². The van der Waals surface area contributed by atoms with Crippen molar-refractivity contribution in [3.05, 3.63) is 61.0 Å². The molecule has 1 aromatic carbocycles. The molecule has 2 heterocycles. The maximum absolute atomic E-state index is 13.3. The average molecular weight is 557 g/mol. The molecular weight excluding hydrogens is 524 g/mol. The number of pyridine rings is 1. The van der Waals surface area contributed by atoms with Crippen molar-refractivity contribution in [1.82, 2.24) is 15.2 Å². The molecule has 1 aromatic heterocycles. The van der Waals surface area contributed by atoms with Crippen LogP contribution in [0.1, 0.15) is 71.3 Å². The van der Waals surface area contributed by atoms with Crippen LogP contribution in [0, 0.1) is 12.3 Å². The van der Waals surface area contributed by atoms with Gasteiger partial charge in [0.2, 0.25) is 5.91 Å². The zero-order valence-corrected chi connectivity index (χ0v) is 22.0. The molecule has 4 rings (SSSR count). The summed E-state index contributed by atoms with van der Waals surface area (Å²) in [4.78, 5) is 42.8. The molecule has 2 amide bonds. The van der Waals surface area contributed by atoms with Crippen LogP contribution in [0.4, 0.5) is 5.69 Å². The van der Waals surface area contributed by atoms with E-state index in [1.54, 1.807) is 13.0 Å². The second-order valence-corrected chi connectivity index (χ2v) is 10.6. The number of carbonyl (C=O) groups is 2. The van der Waals surface area contributed by atoms with E-state index < -0.39 is 0 Å². The summed E-state index contributed by atoms with van der Waals surface area (Å²) in [5, 5.41) is 14.3. The molecule has 9 nitrogen and oxygen atoms in total. The Morgan fingerprint density at radius 2 is 1.97 bits per heavy atom. The van der Waals surface area contributed by atoms with E-state index in [4.69, 9.17) is 11.1 Å². The van der Waals surface area contributed by atoms with Gasteiger partial charge in [0.1, 0.15) is 0 Å². The number of aromatic nitrogens is 1. The zero-order chi connectivity index (χ0) is 25.8. The number of halogens is 1. The Morgan fingerprint density at radius 3 is 2.67 bits per heavy atom. The van der Waals surface area contributed by atoms with Gasteiger partial charge in [0.15, 0.2) is 0 Å². The van der Waals surface area contributed by atoms with Crippen molar-refractivity contribution >= 4 is 39.6 Å². The molecule has 1 saturated heterocycles. The molecule has 1 aliphatic heterocycles. The molecule has 6 N–H and O–H groups in total. The summed E-state index contributed by atoms with van der Waals surface area (Å²) >= 11 is 3.49. The number of hydrogen-bond donors (Lipinski definition) is 5. The second-order valence-electron chi connectivity index (χ2n) is 9.68. The number of aryl methyl sites for hydroxylation is 1. The van der Waals surface area contributed by atoms with E-state index in [-0.39, 0.29) is 30.0 Å². The molecule has 0 bridgehead atoms. The van der Waals surface area contributed by atoms with E-state index in [9.17, 15) is 14.4 Å². The minimum atomic E-state index is -0.369. The lowest BCUT2D eigenvalue weighted by Gasteiger charge is -2.23. The first kappa shape index (κ1) is 26.1. The minimum absolute atomic E-state index is 0.0220. The van der Waals surface area contributed by atoms with Crippen LogP contribution in [0.15, 0.2) is 27.5 Å². The fourth-order valence-electron chi connectivity index (χ4n) is 5.31. The third kappa shape index (κ3) is 5.87. The normalized spacial score (nSPS) is 18.3. The number of nitrogens with two attached hydrogens (primary N) is 1. The lowest BCUT2D eigenvalue weighted by atomic mass is 10.0. The average Bonchev–Trinajstić information content (AvgIpc) is 3.50. The fourth-order valence-corrected chi connectivity index (χ4v) is 5.77. The third-order valence-corrected chi connectivity index (χ3v) is 7.56. The Kier molecular flexibility index (Phi) is 8.25. The summed E-state index contributed by atoms with van der Waals surface area (Å²) in [5.41, 5.74) is 8.83. The number of nitrogens with one attached hydrogen (secondary N) is 4. The van der Waals surface area contributed by atoms with Crippen molar-refractivity contribution in [1.29, 1.82) is 5.41 Å². The highest BCUT2D eigenvalue weighted by atomic mass is 79.9. The van der Waals surface area contributed by atoms with Crippen LogP contribution in [0.3, 0.4) is 0 Å². The lowest BCUT2D eigenvalue weighted by Crippen LogP contribution is -2.40. The molecule has 2 fully saturated rings. The SMILES string of the molecule is Cc1cc(CN2CCCC2C(N)=O)c(CNC(=O)c2cc(Br)cc(NC3CCCC3)c2C=N)c(=O)[nH]1. The molecule has 2 aromatic rings. The summed E-state index contributed by atoms with van der Waals surface area (Å²) in [6, 6.07) is 5.44. The summed E-state index contributed by atoms with van der Waals surface area (Å²) in [7, 11) is 0. The van der Waals surface area contributed by atoms with Gasteiger partial charge < -0.3 is 26.8 Å². The first-order chi connectivity index (χ1) is 17.3. The van der Waals surface area contributed by atoms with Gasteiger partial charge in [-0.3, -0.25) is 19.3 Å². The van der Waals surface area contributed by atoms with Crippen LogP contribution in [0.5, 0.6) is 0 Å². The van der Waals surface area contributed by atoms with Gasteiger partial charge >= 0.3 is 0 Å². The topological polar surface area (TPSA) is 144 Å². The van der Waals surface area contributed by atoms with E-state index in [0.29, 0.717) is 41.4 Å². The van der Waals surface area contributed by atoms with Crippen LogP contribution in [-0.4, -0.2) is 46.5 Å². The number of benzene rings is 1. The number of amides is 2. The van der Waals surface area contributed by atoms with Gasteiger partial charge in [-0.1, -0.05) is 28.8 Å². The standard InChI is InChI=1S/C26H33BrN6O3/c1-15-9-16(14-33-8-4-7-23(33)24(29)34)21(26(36)31-15)13-30-25(35)19-10-17(27)11-22(20(19)12-28)32-18-5-2-3-6-18/h9-12,18,23,28,32H,2-8,13-14H2,1H3,(H2,29,34)(H,30,35)(H,31,36). The van der Waals surface area contributed by atoms with E-state index in [1.165, 1.54) is 19.1 Å². The highest BCUT2D eigenvalue weighted by Gasteiger charge is 2.30. The number of H-pyrrole nitrogens is 1. The minimum Gasteiger partial charge on any atom is -0.382 e. The number of primary amides is 1. The largest absolute Gasteiger partial charge is 0.382 e. The maximum atomic E-state index is 13.3. The summed E-state index contributed by atoms with van der Waals surface area (Å²) in [6.07, 6.45) is 7.24. The molecule has 1 aliphatic carbocycles. The third-order valence-electron chi connectivity index (χ3n) is 7.10. The lowest BCUT2D eigenvalue weighted by molar-refractivity contribution is -0.122. The molecule has 1 unspecified atom stereocenters. The van der Waals surface area contributed by atoms with Gasteiger partial charge in [0, 0.05) is 52.3 Å². The smallest absolute Gasteiger partial charge is 0.253 e. The molecule has 192 valence electrons. The predicted octanol–water partition coefficient (Wildman–Crippen LogP) is 3.18. The van der Waals surface area contributed by atoms with Gasteiger partial charge in [-0.05, 0) is 62.9 Å². The number of likely N-dealkylation sites (tertiary alicyclic amines) is 1. The van der Waals surface area contributed by atoms with E-state index in [0.717, 1.165) is 41.5 Å². The molecule has 2 aliphatic rings. The number of rotatable bonds is 9. The summed E-state index contributed by atoms with van der Waals surface area (Å²) in [6.45, 7) is 2.96. The molecule has 1 saturated carbocycles.